The summed E-state index contributed by atoms with van der Waals surface area (Å²) in [5.74, 6) is -1.99. The highest BCUT2D eigenvalue weighted by Crippen LogP contribution is 2.26. The molecule has 2 rings (SSSR count). The number of carbonyl (C=O) groups is 2. The number of imide groups is 1. The van der Waals surface area contributed by atoms with E-state index in [9.17, 15) is 14.0 Å². The number of nitrogens with zero attached hydrogens (tertiary/aromatic N) is 3. The molecule has 124 valence electrons. The summed E-state index contributed by atoms with van der Waals surface area (Å²) in [7, 11) is 1.21. The molecule has 0 bridgehead atoms. The van der Waals surface area contributed by atoms with Gasteiger partial charge in [-0.15, -0.1) is 0 Å². The molecule has 1 heterocycles. The number of para-hydroxylation sites is 1. The summed E-state index contributed by atoms with van der Waals surface area (Å²) in [6.45, 7) is 0. The maximum absolute atomic E-state index is 13.6. The molecule has 3 amide bonds. The molecule has 10 heteroatoms. The number of oxime groups is 1. The third-order valence-electron chi connectivity index (χ3n) is 2.62. The highest BCUT2D eigenvalue weighted by molar-refractivity contribution is 6.47. The summed E-state index contributed by atoms with van der Waals surface area (Å²) >= 11 is 0. The Labute approximate surface area is 135 Å². The number of benzene rings is 1. The zero-order valence-corrected chi connectivity index (χ0v) is 12.4. The van der Waals surface area contributed by atoms with Crippen molar-refractivity contribution in [2.75, 3.05) is 7.11 Å². The van der Waals surface area contributed by atoms with Gasteiger partial charge in [0.25, 0.3) is 11.8 Å². The van der Waals surface area contributed by atoms with E-state index >= 15 is 0 Å². The van der Waals surface area contributed by atoms with Crippen LogP contribution < -0.4 is 15.8 Å². The number of primary amides is 1. The quantitative estimate of drug-likeness (QED) is 0.619. The lowest BCUT2D eigenvalue weighted by Gasteiger charge is -2.11. The third-order valence-corrected chi connectivity index (χ3v) is 2.62. The smallest absolute Gasteiger partial charge is 0.319 e. The Kier molecular flexibility index (Phi) is 5.34. The Morgan fingerprint density at radius 3 is 2.75 bits per heavy atom. The van der Waals surface area contributed by atoms with Crippen molar-refractivity contribution in [2.24, 2.45) is 10.9 Å². The van der Waals surface area contributed by atoms with Crippen LogP contribution in [0.2, 0.25) is 0 Å². The fraction of sp³-hybridized carbons (Fsp3) is 0.0714. The normalized spacial score (nSPS) is 10.8. The van der Waals surface area contributed by atoms with Gasteiger partial charge in [-0.25, -0.2) is 9.78 Å². The summed E-state index contributed by atoms with van der Waals surface area (Å²) in [5.41, 5.74) is 4.77. The molecule has 0 unspecified atom stereocenters. The predicted molar refractivity (Wildman–Crippen MR) is 79.8 cm³/mol. The lowest BCUT2D eigenvalue weighted by molar-refractivity contribution is -0.113. The van der Waals surface area contributed by atoms with Gasteiger partial charge in [0.05, 0.1) is 11.8 Å². The standard InChI is InChI=1S/C14H12FN5O4/c1-23-20-11(12(21)19-14(16)22)8-4-2-3-5-10(8)24-13-9(15)6-17-7-18-13/h2-7H,1H3,(H3,16,19,21,22)/b20-11+. The molecule has 0 saturated carbocycles. The molecule has 0 atom stereocenters. The number of nitrogens with two attached hydrogens (primary N) is 1. The van der Waals surface area contributed by atoms with Gasteiger partial charge in [-0.05, 0) is 12.1 Å². The first-order valence-electron chi connectivity index (χ1n) is 6.47. The van der Waals surface area contributed by atoms with Crippen LogP contribution in [0.1, 0.15) is 5.56 Å². The van der Waals surface area contributed by atoms with Gasteiger partial charge >= 0.3 is 6.03 Å². The van der Waals surface area contributed by atoms with Gasteiger partial charge in [0.1, 0.15) is 19.2 Å². The van der Waals surface area contributed by atoms with Gasteiger partial charge in [0.2, 0.25) is 5.82 Å². The summed E-state index contributed by atoms with van der Waals surface area (Å²) < 4.78 is 19.0. The molecule has 24 heavy (non-hydrogen) atoms. The maximum Gasteiger partial charge on any atom is 0.319 e. The number of nitrogens with one attached hydrogen (secondary N) is 1. The molecule has 1 aromatic carbocycles. The number of rotatable bonds is 5. The van der Waals surface area contributed by atoms with E-state index in [1.54, 1.807) is 12.1 Å². The molecule has 0 spiro atoms. The minimum absolute atomic E-state index is 0.0607. The van der Waals surface area contributed by atoms with Gasteiger partial charge in [-0.2, -0.15) is 9.37 Å². The lowest BCUT2D eigenvalue weighted by atomic mass is 10.1. The van der Waals surface area contributed by atoms with E-state index in [0.29, 0.717) is 0 Å². The molecule has 0 radical (unpaired) electrons. The van der Waals surface area contributed by atoms with E-state index in [1.807, 2.05) is 5.32 Å². The molecular formula is C14H12FN5O4. The van der Waals surface area contributed by atoms with Gasteiger partial charge in [-0.1, -0.05) is 17.3 Å². The van der Waals surface area contributed by atoms with Crippen LogP contribution >= 0.6 is 0 Å². The maximum atomic E-state index is 13.6. The first-order valence-corrected chi connectivity index (χ1v) is 6.47. The van der Waals surface area contributed by atoms with Gasteiger partial charge in [0, 0.05) is 0 Å². The van der Waals surface area contributed by atoms with E-state index in [4.69, 9.17) is 10.5 Å². The van der Waals surface area contributed by atoms with E-state index in [1.165, 1.54) is 19.2 Å². The fourth-order valence-corrected chi connectivity index (χ4v) is 1.71. The van der Waals surface area contributed by atoms with E-state index < -0.39 is 17.8 Å². The van der Waals surface area contributed by atoms with Crippen LogP contribution in [0, 0.1) is 5.82 Å². The van der Waals surface area contributed by atoms with Crippen LogP contribution in [0.5, 0.6) is 11.6 Å². The molecule has 0 aliphatic heterocycles. The summed E-state index contributed by atoms with van der Waals surface area (Å²) in [4.78, 5) is 34.7. The second-order valence-electron chi connectivity index (χ2n) is 4.21. The van der Waals surface area contributed by atoms with Crippen molar-refractivity contribution in [3.05, 3.63) is 48.2 Å². The molecular weight excluding hydrogens is 321 g/mol. The number of hydrogen-bond donors (Lipinski definition) is 2. The van der Waals surface area contributed by atoms with E-state index in [0.717, 1.165) is 12.5 Å². The van der Waals surface area contributed by atoms with Gasteiger partial charge in [0.15, 0.2) is 5.71 Å². The summed E-state index contributed by atoms with van der Waals surface area (Å²) in [6.07, 6.45) is 2.03. The lowest BCUT2D eigenvalue weighted by Crippen LogP contribution is -2.40. The molecule has 1 aromatic heterocycles. The number of carbonyl (C=O) groups excluding carboxylic acids is 2. The fourth-order valence-electron chi connectivity index (χ4n) is 1.71. The molecule has 9 nitrogen and oxygen atoms in total. The Morgan fingerprint density at radius 2 is 2.08 bits per heavy atom. The SMILES string of the molecule is CO/N=C(/C(=O)NC(N)=O)c1ccccc1Oc1ncncc1F. The Morgan fingerprint density at radius 1 is 1.33 bits per heavy atom. The third kappa shape index (κ3) is 4.00. The van der Waals surface area contributed by atoms with Crippen LogP contribution in [0.3, 0.4) is 0 Å². The second-order valence-corrected chi connectivity index (χ2v) is 4.21. The zero-order valence-electron chi connectivity index (χ0n) is 12.4. The van der Waals surface area contributed by atoms with Crippen molar-refractivity contribution in [3.63, 3.8) is 0 Å². The minimum atomic E-state index is -1.07. The number of ether oxygens (including phenoxy) is 1. The average molecular weight is 333 g/mol. The van der Waals surface area contributed by atoms with E-state index in [2.05, 4.69) is 20.0 Å². The number of hydrogen-bond acceptors (Lipinski definition) is 7. The number of urea groups is 1. The molecule has 0 saturated heterocycles. The Bertz CT molecular complexity index is 796. The molecule has 2 aromatic rings. The van der Waals surface area contributed by atoms with E-state index in [-0.39, 0.29) is 22.9 Å². The van der Waals surface area contributed by atoms with Gasteiger partial charge in [-0.3, -0.25) is 10.1 Å². The van der Waals surface area contributed by atoms with Gasteiger partial charge < -0.3 is 15.3 Å². The van der Waals surface area contributed by atoms with Crippen molar-refractivity contribution in [2.45, 2.75) is 0 Å². The highest BCUT2D eigenvalue weighted by atomic mass is 19.1. The van der Waals surface area contributed by atoms with Crippen LogP contribution in [0.4, 0.5) is 9.18 Å². The minimum Gasteiger partial charge on any atom is -0.436 e. The average Bonchev–Trinajstić information content (AvgIpc) is 2.55. The molecule has 0 aliphatic carbocycles. The summed E-state index contributed by atoms with van der Waals surface area (Å²) in [6, 6.07) is 5.03. The predicted octanol–water partition coefficient (Wildman–Crippen LogP) is 0.953. The van der Waals surface area contributed by atoms with Crippen molar-refractivity contribution < 1.29 is 23.6 Å². The summed E-state index contributed by atoms with van der Waals surface area (Å²) in [5, 5.41) is 5.42. The van der Waals surface area contributed by atoms with Crippen molar-refractivity contribution in [1.29, 1.82) is 0 Å². The largest absolute Gasteiger partial charge is 0.436 e. The van der Waals surface area contributed by atoms with Crippen LogP contribution in [0.15, 0.2) is 41.9 Å². The van der Waals surface area contributed by atoms with Crippen LogP contribution in [0.25, 0.3) is 0 Å². The zero-order chi connectivity index (χ0) is 17.5. The number of aromatic nitrogens is 2. The van der Waals surface area contributed by atoms with Crippen LogP contribution in [-0.2, 0) is 9.63 Å². The van der Waals surface area contributed by atoms with Crippen LogP contribution in [-0.4, -0.2) is 34.7 Å². The molecule has 0 fully saturated rings. The molecule has 0 aliphatic rings. The topological polar surface area (TPSA) is 129 Å². The first-order chi connectivity index (χ1) is 11.5. The van der Waals surface area contributed by atoms with Crippen molar-refractivity contribution >= 4 is 17.6 Å². The van der Waals surface area contributed by atoms with Crippen molar-refractivity contribution in [3.8, 4) is 11.6 Å². The number of amides is 3. The second kappa shape index (κ2) is 7.63. The number of halogens is 1. The Hall–Kier alpha value is -3.56. The highest BCUT2D eigenvalue weighted by Gasteiger charge is 2.21. The first kappa shape index (κ1) is 16.8. The molecule has 3 N–H and O–H groups in total. The monoisotopic (exact) mass is 333 g/mol. The van der Waals surface area contributed by atoms with Crippen molar-refractivity contribution in [1.82, 2.24) is 15.3 Å². The Balaban J connectivity index is 2.42.